The molecule has 1 fully saturated rings. The maximum absolute atomic E-state index is 12.3. The molecule has 0 bridgehead atoms. The van der Waals surface area contributed by atoms with Crippen LogP contribution >= 0.6 is 0 Å². The molecule has 0 saturated heterocycles. The number of guanidine groups is 1. The number of rotatable bonds is 5. The summed E-state index contributed by atoms with van der Waals surface area (Å²) in [7, 11) is 0. The van der Waals surface area contributed by atoms with E-state index in [9.17, 15) is 4.79 Å². The molecule has 3 N–H and O–H groups in total. The van der Waals surface area contributed by atoms with Gasteiger partial charge >= 0.3 is 0 Å². The molecule has 0 radical (unpaired) electrons. The Balaban J connectivity index is 2.01. The number of aliphatic imine (C=N–C) groups is 1. The summed E-state index contributed by atoms with van der Waals surface area (Å²) in [5.74, 6) is 0.819. The van der Waals surface area contributed by atoms with Crippen molar-refractivity contribution in [1.82, 2.24) is 16.0 Å². The van der Waals surface area contributed by atoms with Crippen LogP contribution in [0.4, 0.5) is 0 Å². The molecule has 0 atom stereocenters. The highest BCUT2D eigenvalue weighted by atomic mass is 16.1. The van der Waals surface area contributed by atoms with Crippen molar-refractivity contribution in [1.29, 1.82) is 0 Å². The van der Waals surface area contributed by atoms with Crippen LogP contribution in [0.5, 0.6) is 0 Å². The number of nitrogens with one attached hydrogen (secondary N) is 3. The maximum atomic E-state index is 12.3. The highest BCUT2D eigenvalue weighted by Crippen LogP contribution is 2.17. The number of carbonyl (C=O) groups is 1. The van der Waals surface area contributed by atoms with Crippen LogP contribution < -0.4 is 16.0 Å². The van der Waals surface area contributed by atoms with E-state index >= 15 is 0 Å². The van der Waals surface area contributed by atoms with Gasteiger partial charge in [0.25, 0.3) is 5.91 Å². The van der Waals surface area contributed by atoms with E-state index in [0.717, 1.165) is 18.1 Å². The summed E-state index contributed by atoms with van der Waals surface area (Å²) < 4.78 is 0. The molecule has 1 saturated carbocycles. The molecule has 0 aromatic heterocycles. The van der Waals surface area contributed by atoms with Gasteiger partial charge in [-0.15, -0.1) is 0 Å². The maximum Gasteiger partial charge on any atom is 0.251 e. The second-order valence-electron chi connectivity index (χ2n) is 8.08. The molecule has 5 nitrogen and oxygen atoms in total. The number of nitrogens with zero attached hydrogens (tertiary/aromatic N) is 1. The Morgan fingerprint density at radius 2 is 1.92 bits per heavy atom. The number of hydrogen-bond donors (Lipinski definition) is 3. The predicted molar refractivity (Wildman–Crippen MR) is 108 cm³/mol. The molecule has 1 aromatic carbocycles. The van der Waals surface area contributed by atoms with E-state index in [0.29, 0.717) is 18.2 Å². The summed E-state index contributed by atoms with van der Waals surface area (Å²) in [4.78, 5) is 17.1. The van der Waals surface area contributed by atoms with Crippen LogP contribution in [0.3, 0.4) is 0 Å². The summed E-state index contributed by atoms with van der Waals surface area (Å²) in [6.45, 7) is 9.43. The minimum absolute atomic E-state index is 0.0458. The molecule has 5 heteroatoms. The Kier molecular flexibility index (Phi) is 7.49. The van der Waals surface area contributed by atoms with E-state index in [1.165, 1.54) is 32.1 Å². The smallest absolute Gasteiger partial charge is 0.251 e. The number of benzene rings is 1. The van der Waals surface area contributed by atoms with Crippen molar-refractivity contribution in [2.45, 2.75) is 77.9 Å². The average molecular weight is 359 g/mol. The Morgan fingerprint density at radius 1 is 1.19 bits per heavy atom. The standard InChI is InChI=1S/C21H34N4O/c1-5-22-20(24-18-12-7-6-8-13-18)23-15-16-10-9-11-17(14-16)19(26)25-21(2,3)4/h9-11,14,18H,5-8,12-13,15H2,1-4H3,(H,25,26)(H2,22,23,24). The second kappa shape index (κ2) is 9.60. The van der Waals surface area contributed by atoms with Gasteiger partial charge in [0.15, 0.2) is 5.96 Å². The van der Waals surface area contributed by atoms with Crippen molar-refractivity contribution in [3.63, 3.8) is 0 Å². The zero-order valence-corrected chi connectivity index (χ0v) is 16.7. The van der Waals surface area contributed by atoms with Gasteiger partial charge in [-0.3, -0.25) is 4.79 Å². The molecule has 144 valence electrons. The van der Waals surface area contributed by atoms with E-state index in [1.807, 2.05) is 45.0 Å². The van der Waals surface area contributed by atoms with Crippen LogP contribution in [0.25, 0.3) is 0 Å². The van der Waals surface area contributed by atoms with E-state index in [2.05, 4.69) is 22.9 Å². The van der Waals surface area contributed by atoms with Gasteiger partial charge in [0.05, 0.1) is 6.54 Å². The minimum Gasteiger partial charge on any atom is -0.357 e. The number of amides is 1. The SMILES string of the molecule is CCNC(=NCc1cccc(C(=O)NC(C)(C)C)c1)NC1CCCCC1. The lowest BCUT2D eigenvalue weighted by Crippen LogP contribution is -2.44. The molecular weight excluding hydrogens is 324 g/mol. The van der Waals surface area contributed by atoms with Gasteiger partial charge in [-0.05, 0) is 58.2 Å². The summed E-state index contributed by atoms with van der Waals surface area (Å²) in [5.41, 5.74) is 1.47. The molecular formula is C21H34N4O. The van der Waals surface area contributed by atoms with Gasteiger partial charge in [-0.25, -0.2) is 4.99 Å². The summed E-state index contributed by atoms with van der Waals surface area (Å²) >= 11 is 0. The Labute approximate surface area is 158 Å². The fraction of sp³-hybridized carbons (Fsp3) is 0.619. The molecule has 1 aromatic rings. The number of hydrogen-bond acceptors (Lipinski definition) is 2. The lowest BCUT2D eigenvalue weighted by Gasteiger charge is -2.24. The molecule has 26 heavy (non-hydrogen) atoms. The molecule has 1 aliphatic rings. The molecule has 2 rings (SSSR count). The minimum atomic E-state index is -0.243. The van der Waals surface area contributed by atoms with E-state index in [1.54, 1.807) is 0 Å². The Morgan fingerprint density at radius 3 is 2.58 bits per heavy atom. The topological polar surface area (TPSA) is 65.5 Å². The molecule has 0 heterocycles. The number of carbonyl (C=O) groups excluding carboxylic acids is 1. The van der Waals surface area contributed by atoms with Crippen LogP contribution in [0.1, 0.15) is 75.7 Å². The molecule has 0 unspecified atom stereocenters. The summed E-state index contributed by atoms with van der Waals surface area (Å²) in [5, 5.41) is 9.89. The van der Waals surface area contributed by atoms with Gasteiger partial charge in [0, 0.05) is 23.7 Å². The largest absolute Gasteiger partial charge is 0.357 e. The van der Waals surface area contributed by atoms with Crippen molar-refractivity contribution in [2.24, 2.45) is 4.99 Å². The first-order valence-electron chi connectivity index (χ1n) is 9.83. The Hall–Kier alpha value is -2.04. The summed E-state index contributed by atoms with van der Waals surface area (Å²) in [6, 6.07) is 8.23. The van der Waals surface area contributed by atoms with Crippen molar-refractivity contribution in [3.05, 3.63) is 35.4 Å². The Bertz CT molecular complexity index is 613. The first kappa shape index (κ1) is 20.3. The average Bonchev–Trinajstić information content (AvgIpc) is 2.59. The third-order valence-electron chi connectivity index (χ3n) is 4.39. The zero-order valence-electron chi connectivity index (χ0n) is 16.7. The first-order valence-corrected chi connectivity index (χ1v) is 9.83. The lowest BCUT2D eigenvalue weighted by atomic mass is 9.96. The van der Waals surface area contributed by atoms with Crippen LogP contribution in [0.15, 0.2) is 29.3 Å². The van der Waals surface area contributed by atoms with Gasteiger partial charge < -0.3 is 16.0 Å². The lowest BCUT2D eigenvalue weighted by molar-refractivity contribution is 0.0919. The molecule has 0 aliphatic heterocycles. The first-order chi connectivity index (χ1) is 12.4. The quantitative estimate of drug-likeness (QED) is 0.556. The van der Waals surface area contributed by atoms with E-state index in [-0.39, 0.29) is 11.4 Å². The molecule has 1 amide bonds. The van der Waals surface area contributed by atoms with Crippen molar-refractivity contribution < 1.29 is 4.79 Å². The van der Waals surface area contributed by atoms with Crippen molar-refractivity contribution in [3.8, 4) is 0 Å². The van der Waals surface area contributed by atoms with Crippen LogP contribution in [0, 0.1) is 0 Å². The normalized spacial score (nSPS) is 16.2. The third-order valence-corrected chi connectivity index (χ3v) is 4.39. The fourth-order valence-electron chi connectivity index (χ4n) is 3.15. The molecule has 1 aliphatic carbocycles. The van der Waals surface area contributed by atoms with Crippen LogP contribution in [-0.2, 0) is 6.54 Å². The highest BCUT2D eigenvalue weighted by Gasteiger charge is 2.16. The van der Waals surface area contributed by atoms with Crippen LogP contribution in [0.2, 0.25) is 0 Å². The van der Waals surface area contributed by atoms with Crippen molar-refractivity contribution in [2.75, 3.05) is 6.54 Å². The fourth-order valence-corrected chi connectivity index (χ4v) is 3.15. The van der Waals surface area contributed by atoms with Gasteiger partial charge in [0.1, 0.15) is 0 Å². The predicted octanol–water partition coefficient (Wildman–Crippen LogP) is 3.60. The van der Waals surface area contributed by atoms with Gasteiger partial charge in [-0.2, -0.15) is 0 Å². The van der Waals surface area contributed by atoms with E-state index in [4.69, 9.17) is 4.99 Å². The van der Waals surface area contributed by atoms with Gasteiger partial charge in [-0.1, -0.05) is 31.4 Å². The second-order valence-corrected chi connectivity index (χ2v) is 8.08. The summed E-state index contributed by atoms with van der Waals surface area (Å²) in [6.07, 6.45) is 6.36. The monoisotopic (exact) mass is 358 g/mol. The third kappa shape index (κ3) is 7.06. The zero-order chi connectivity index (χ0) is 19.0. The van der Waals surface area contributed by atoms with Crippen LogP contribution in [-0.4, -0.2) is 30.0 Å². The highest BCUT2D eigenvalue weighted by molar-refractivity contribution is 5.94. The van der Waals surface area contributed by atoms with Crippen molar-refractivity contribution >= 4 is 11.9 Å². The molecule has 0 spiro atoms. The van der Waals surface area contributed by atoms with E-state index < -0.39 is 0 Å². The van der Waals surface area contributed by atoms with Gasteiger partial charge in [0.2, 0.25) is 0 Å².